The highest BCUT2D eigenvalue weighted by atomic mass is 15.0. The molecule has 0 aliphatic carbocycles. The van der Waals surface area contributed by atoms with Crippen molar-refractivity contribution in [2.24, 2.45) is 0 Å². The molecule has 1 N–H and O–H groups in total. The predicted molar refractivity (Wildman–Crippen MR) is 173 cm³/mol. The largest absolute Gasteiger partial charge is 0.358 e. The van der Waals surface area contributed by atoms with Gasteiger partial charge < -0.3 is 9.55 Å². The molecule has 7 rings (SSSR count). The molecule has 0 amide bonds. The fraction of sp³-hybridized carbons (Fsp3) is 0.105. The molecule has 7 aromatic rings. The van der Waals surface area contributed by atoms with E-state index in [1.807, 2.05) is 0 Å². The average Bonchev–Trinajstić information content (AvgIpc) is 3.49. The first kappa shape index (κ1) is 24.2. The molecule has 0 saturated carbocycles. The molecular weight excluding hydrogens is 484 g/mol. The lowest BCUT2D eigenvalue weighted by Crippen LogP contribution is -1.93. The molecule has 2 heterocycles. The molecule has 0 radical (unpaired) electrons. The van der Waals surface area contributed by atoms with E-state index < -0.39 is 0 Å². The van der Waals surface area contributed by atoms with Crippen LogP contribution in [0.5, 0.6) is 0 Å². The molecule has 2 nitrogen and oxygen atoms in total. The van der Waals surface area contributed by atoms with Gasteiger partial charge in [0.1, 0.15) is 0 Å². The van der Waals surface area contributed by atoms with Crippen molar-refractivity contribution in [3.63, 3.8) is 0 Å². The molecule has 5 aromatic carbocycles. The molecule has 0 unspecified atom stereocenters. The molecule has 40 heavy (non-hydrogen) atoms. The number of nitrogens with one attached hydrogen (secondary N) is 1. The minimum atomic E-state index is 0.969. The van der Waals surface area contributed by atoms with Crippen LogP contribution in [-0.2, 0) is 0 Å². The van der Waals surface area contributed by atoms with Gasteiger partial charge in [-0.15, -0.1) is 0 Å². The molecule has 0 bridgehead atoms. The summed E-state index contributed by atoms with van der Waals surface area (Å²) in [6, 6.07) is 37.6. The van der Waals surface area contributed by atoms with Gasteiger partial charge in [0, 0.05) is 38.6 Å². The highest BCUT2D eigenvalue weighted by Crippen LogP contribution is 2.39. The van der Waals surface area contributed by atoms with Crippen molar-refractivity contribution < 1.29 is 0 Å². The Hall–Kier alpha value is -4.82. The Balaban J connectivity index is 1.49. The van der Waals surface area contributed by atoms with Crippen molar-refractivity contribution in [1.82, 2.24) is 9.55 Å². The van der Waals surface area contributed by atoms with Crippen LogP contribution in [0.4, 0.5) is 0 Å². The summed E-state index contributed by atoms with van der Waals surface area (Å²) in [5.74, 6) is 0. The van der Waals surface area contributed by atoms with Gasteiger partial charge in [-0.05, 0) is 96.3 Å². The van der Waals surface area contributed by atoms with Crippen LogP contribution in [0.1, 0.15) is 31.5 Å². The fourth-order valence-corrected chi connectivity index (χ4v) is 6.24. The molecule has 0 spiro atoms. The van der Waals surface area contributed by atoms with Gasteiger partial charge in [0.25, 0.3) is 0 Å². The number of hydrogen-bond donors (Lipinski definition) is 1. The molecule has 0 fully saturated rings. The lowest BCUT2D eigenvalue weighted by Gasteiger charge is -2.08. The summed E-state index contributed by atoms with van der Waals surface area (Å²) in [5.41, 5.74) is 12.1. The van der Waals surface area contributed by atoms with Gasteiger partial charge in [-0.1, -0.05) is 79.7 Å². The van der Waals surface area contributed by atoms with Crippen molar-refractivity contribution in [2.75, 3.05) is 0 Å². The van der Waals surface area contributed by atoms with Crippen LogP contribution in [0, 0.1) is 6.92 Å². The molecule has 2 aromatic heterocycles. The summed E-state index contributed by atoms with van der Waals surface area (Å²) in [6.45, 7) is 10.6. The van der Waals surface area contributed by atoms with Crippen molar-refractivity contribution in [3.8, 4) is 16.8 Å². The molecule has 2 heteroatoms. The van der Waals surface area contributed by atoms with Gasteiger partial charge in [-0.3, -0.25) is 0 Å². The van der Waals surface area contributed by atoms with Crippen molar-refractivity contribution in [3.05, 3.63) is 132 Å². The van der Waals surface area contributed by atoms with Gasteiger partial charge >= 0.3 is 0 Å². The number of aromatic nitrogens is 2. The van der Waals surface area contributed by atoms with Crippen LogP contribution in [-0.4, -0.2) is 9.55 Å². The maximum atomic E-state index is 4.20. The third-order valence-corrected chi connectivity index (χ3v) is 8.29. The number of para-hydroxylation sites is 1. The Morgan fingerprint density at radius 1 is 0.775 bits per heavy atom. The second kappa shape index (κ2) is 9.43. The molecule has 0 saturated heterocycles. The number of H-pyrrole nitrogens is 1. The van der Waals surface area contributed by atoms with E-state index in [4.69, 9.17) is 0 Å². The highest BCUT2D eigenvalue weighted by molar-refractivity contribution is 6.22. The smallest absolute Gasteiger partial charge is 0.0547 e. The highest BCUT2D eigenvalue weighted by Gasteiger charge is 2.16. The minimum absolute atomic E-state index is 0.969. The summed E-state index contributed by atoms with van der Waals surface area (Å²) in [5, 5.41) is 6.37. The summed E-state index contributed by atoms with van der Waals surface area (Å²) in [6.07, 6.45) is 3.28. The van der Waals surface area contributed by atoms with Crippen LogP contribution in [0.15, 0.2) is 121 Å². The van der Waals surface area contributed by atoms with Crippen LogP contribution < -0.4 is 0 Å². The van der Waals surface area contributed by atoms with Crippen molar-refractivity contribution in [2.45, 2.75) is 27.2 Å². The fourth-order valence-electron chi connectivity index (χ4n) is 6.24. The summed E-state index contributed by atoms with van der Waals surface area (Å²) >= 11 is 0. The van der Waals surface area contributed by atoms with Crippen LogP contribution in [0.2, 0.25) is 0 Å². The summed E-state index contributed by atoms with van der Waals surface area (Å²) in [7, 11) is 0. The van der Waals surface area contributed by atoms with Gasteiger partial charge in [0.05, 0.1) is 11.0 Å². The van der Waals surface area contributed by atoms with Crippen LogP contribution >= 0.6 is 0 Å². The Morgan fingerprint density at radius 2 is 1.48 bits per heavy atom. The van der Waals surface area contributed by atoms with E-state index in [1.165, 1.54) is 71.6 Å². The van der Waals surface area contributed by atoms with E-state index in [0.717, 1.165) is 17.5 Å². The van der Waals surface area contributed by atoms with E-state index in [9.17, 15) is 0 Å². The van der Waals surface area contributed by atoms with Gasteiger partial charge in [-0.25, -0.2) is 0 Å². The molecular formula is C38H32N2. The van der Waals surface area contributed by atoms with E-state index >= 15 is 0 Å². The lowest BCUT2D eigenvalue weighted by molar-refractivity contribution is 1.12. The Kier molecular flexibility index (Phi) is 5.71. The standard InChI is InChI=1S/C38H32N2/c1-5-26(24(2)3)21-32-25(4)39-35-18-15-28(22-33(32)35)29-17-19-36-34(23-29)38-31-14-10-9-11-27(31)16-20-37(38)40(36)30-12-7-6-8-13-30/h6-23,39H,2,5H2,1,3-4H3/b26-21+. The third kappa shape index (κ3) is 3.79. The number of allylic oxidation sites excluding steroid dienone is 2. The van der Waals surface area contributed by atoms with Gasteiger partial charge in [0.2, 0.25) is 0 Å². The predicted octanol–water partition coefficient (Wildman–Crippen LogP) is 10.8. The zero-order valence-corrected chi connectivity index (χ0v) is 23.3. The number of aromatic amines is 1. The first-order chi connectivity index (χ1) is 19.5. The number of hydrogen-bond acceptors (Lipinski definition) is 0. The zero-order chi connectivity index (χ0) is 27.4. The number of fused-ring (bicyclic) bond motifs is 6. The van der Waals surface area contributed by atoms with E-state index in [-0.39, 0.29) is 0 Å². The Bertz CT molecular complexity index is 2120. The van der Waals surface area contributed by atoms with Crippen LogP contribution in [0.3, 0.4) is 0 Å². The van der Waals surface area contributed by atoms with Gasteiger partial charge in [-0.2, -0.15) is 0 Å². The molecule has 0 aliphatic heterocycles. The molecule has 0 aliphatic rings. The summed E-state index contributed by atoms with van der Waals surface area (Å²) in [4.78, 5) is 3.59. The SMILES string of the molecule is C=C(C)/C(=C/c1c(C)[nH]c2ccc(-c3ccc4c(c3)c3c5ccccc5ccc3n4-c3ccccc3)cc12)CC. The quantitative estimate of drug-likeness (QED) is 0.220. The monoisotopic (exact) mass is 516 g/mol. The van der Waals surface area contributed by atoms with Crippen LogP contribution in [0.25, 0.3) is 66.4 Å². The number of rotatable bonds is 5. The average molecular weight is 517 g/mol. The topological polar surface area (TPSA) is 20.7 Å². The van der Waals surface area contributed by atoms with E-state index in [2.05, 4.69) is 146 Å². The van der Waals surface area contributed by atoms with Gasteiger partial charge in [0.15, 0.2) is 0 Å². The van der Waals surface area contributed by atoms with E-state index in [0.29, 0.717) is 0 Å². The van der Waals surface area contributed by atoms with Crippen molar-refractivity contribution in [1.29, 1.82) is 0 Å². The van der Waals surface area contributed by atoms with Crippen molar-refractivity contribution >= 4 is 49.6 Å². The molecule has 194 valence electrons. The number of benzene rings is 5. The lowest BCUT2D eigenvalue weighted by atomic mass is 9.97. The second-order valence-electron chi connectivity index (χ2n) is 10.8. The zero-order valence-electron chi connectivity index (χ0n) is 23.3. The Morgan fingerprint density at radius 3 is 2.25 bits per heavy atom. The number of aryl methyl sites for hydroxylation is 1. The molecule has 0 atom stereocenters. The first-order valence-corrected chi connectivity index (χ1v) is 14.0. The Labute approximate surface area is 234 Å². The maximum Gasteiger partial charge on any atom is 0.0547 e. The van der Waals surface area contributed by atoms with E-state index in [1.54, 1.807) is 0 Å². The minimum Gasteiger partial charge on any atom is -0.358 e. The normalized spacial score (nSPS) is 12.2. The summed E-state index contributed by atoms with van der Waals surface area (Å²) < 4.78 is 2.40. The number of nitrogens with zero attached hydrogens (tertiary/aromatic N) is 1. The first-order valence-electron chi connectivity index (χ1n) is 14.0. The third-order valence-electron chi connectivity index (χ3n) is 8.29. The maximum absolute atomic E-state index is 4.20. The second-order valence-corrected chi connectivity index (χ2v) is 10.8.